The lowest BCUT2D eigenvalue weighted by atomic mass is 9.90. The molecule has 6 nitrogen and oxygen atoms in total. The van der Waals surface area contributed by atoms with E-state index in [1.807, 2.05) is 37.3 Å². The Morgan fingerprint density at radius 1 is 0.949 bits per heavy atom. The highest BCUT2D eigenvalue weighted by atomic mass is 16.5. The number of aryl methyl sites for hydroxylation is 2. The molecule has 1 aliphatic rings. The first-order chi connectivity index (χ1) is 18.8. The fourth-order valence-electron chi connectivity index (χ4n) is 5.52. The van der Waals surface area contributed by atoms with Crippen molar-refractivity contribution in [1.82, 2.24) is 10.5 Å². The molecule has 1 saturated carbocycles. The minimum absolute atomic E-state index is 0.0820. The third-order valence-electron chi connectivity index (χ3n) is 7.76. The van der Waals surface area contributed by atoms with E-state index in [0.29, 0.717) is 5.76 Å². The molecule has 6 heteroatoms. The number of aliphatic carboxylic acids is 1. The van der Waals surface area contributed by atoms with Gasteiger partial charge in [-0.2, -0.15) is 0 Å². The molecule has 1 aliphatic carbocycles. The number of benzene rings is 3. The SMILES string of the molecule is CC(=O)NC(CCCc1ccccc1)c1c(C)noc1-c1ccc(-c2ccc(C3(CC(=O)O)CC3)cc2)cc1. The van der Waals surface area contributed by atoms with Crippen LogP contribution in [0.15, 0.2) is 83.4 Å². The Morgan fingerprint density at radius 2 is 1.56 bits per heavy atom. The summed E-state index contributed by atoms with van der Waals surface area (Å²) in [7, 11) is 0. The van der Waals surface area contributed by atoms with E-state index in [4.69, 9.17) is 4.52 Å². The largest absolute Gasteiger partial charge is 0.481 e. The van der Waals surface area contributed by atoms with Crippen LogP contribution in [0.5, 0.6) is 0 Å². The lowest BCUT2D eigenvalue weighted by Gasteiger charge is -2.19. The van der Waals surface area contributed by atoms with Gasteiger partial charge in [-0.25, -0.2) is 0 Å². The number of carbonyl (C=O) groups excluding carboxylic acids is 1. The predicted octanol–water partition coefficient (Wildman–Crippen LogP) is 7.02. The molecule has 0 radical (unpaired) electrons. The van der Waals surface area contributed by atoms with Gasteiger partial charge in [0.2, 0.25) is 5.91 Å². The number of rotatable bonds is 11. The Bertz CT molecular complexity index is 1440. The van der Waals surface area contributed by atoms with Crippen molar-refractivity contribution in [2.24, 2.45) is 0 Å². The van der Waals surface area contributed by atoms with Crippen molar-refractivity contribution in [3.05, 3.63) is 101 Å². The van der Waals surface area contributed by atoms with Gasteiger partial charge in [0.1, 0.15) is 0 Å². The number of carboxylic acids is 1. The number of nitrogens with zero attached hydrogens (tertiary/aromatic N) is 1. The number of hydrogen-bond donors (Lipinski definition) is 2. The van der Waals surface area contributed by atoms with Gasteiger partial charge in [0.15, 0.2) is 5.76 Å². The second-order valence-corrected chi connectivity index (χ2v) is 10.6. The van der Waals surface area contributed by atoms with E-state index in [1.54, 1.807) is 6.92 Å². The Morgan fingerprint density at radius 3 is 2.15 bits per heavy atom. The molecule has 1 fully saturated rings. The van der Waals surface area contributed by atoms with Crippen LogP contribution in [0, 0.1) is 6.92 Å². The van der Waals surface area contributed by atoms with Gasteiger partial charge in [-0.3, -0.25) is 9.59 Å². The van der Waals surface area contributed by atoms with Crippen molar-refractivity contribution in [3.8, 4) is 22.5 Å². The molecule has 4 aromatic rings. The monoisotopic (exact) mass is 522 g/mol. The molecule has 200 valence electrons. The molecule has 0 spiro atoms. The highest BCUT2D eigenvalue weighted by Gasteiger charge is 2.45. The van der Waals surface area contributed by atoms with E-state index in [-0.39, 0.29) is 23.8 Å². The van der Waals surface area contributed by atoms with Crippen LogP contribution >= 0.6 is 0 Å². The van der Waals surface area contributed by atoms with Crippen LogP contribution in [0.2, 0.25) is 0 Å². The summed E-state index contributed by atoms with van der Waals surface area (Å²) < 4.78 is 5.80. The number of carboxylic acid groups (broad SMARTS) is 1. The quantitative estimate of drug-likeness (QED) is 0.221. The predicted molar refractivity (Wildman–Crippen MR) is 151 cm³/mol. The Labute approximate surface area is 229 Å². The first-order valence-corrected chi connectivity index (χ1v) is 13.5. The lowest BCUT2D eigenvalue weighted by molar-refractivity contribution is -0.137. The normalized spacial score (nSPS) is 14.5. The molecule has 2 N–H and O–H groups in total. The summed E-state index contributed by atoms with van der Waals surface area (Å²) in [5.41, 5.74) is 6.92. The summed E-state index contributed by atoms with van der Waals surface area (Å²) in [6.45, 7) is 3.46. The van der Waals surface area contributed by atoms with E-state index in [9.17, 15) is 14.7 Å². The maximum atomic E-state index is 12.1. The molecule has 1 atom stereocenters. The van der Waals surface area contributed by atoms with Gasteiger partial charge in [0.05, 0.1) is 18.2 Å². The van der Waals surface area contributed by atoms with Crippen molar-refractivity contribution in [3.63, 3.8) is 0 Å². The maximum Gasteiger partial charge on any atom is 0.304 e. The van der Waals surface area contributed by atoms with Crippen LogP contribution in [0.4, 0.5) is 0 Å². The fraction of sp³-hybridized carbons (Fsp3) is 0.303. The number of aromatic nitrogens is 1. The first kappa shape index (κ1) is 26.4. The van der Waals surface area contributed by atoms with E-state index in [2.05, 4.69) is 59.0 Å². The van der Waals surface area contributed by atoms with Crippen LogP contribution in [0.25, 0.3) is 22.5 Å². The van der Waals surface area contributed by atoms with Crippen LogP contribution in [0.3, 0.4) is 0 Å². The van der Waals surface area contributed by atoms with E-state index in [0.717, 1.165) is 65.6 Å². The molecule has 1 unspecified atom stereocenters. The van der Waals surface area contributed by atoms with Crippen molar-refractivity contribution < 1.29 is 19.2 Å². The molecular weight excluding hydrogens is 488 g/mol. The Hall–Kier alpha value is -4.19. The minimum Gasteiger partial charge on any atom is -0.481 e. The number of amides is 1. The number of carbonyl (C=O) groups is 2. The molecule has 0 saturated heterocycles. The molecule has 1 aromatic heterocycles. The molecular formula is C33H34N2O4. The van der Waals surface area contributed by atoms with Crippen molar-refractivity contribution in [2.45, 2.75) is 63.8 Å². The highest BCUT2D eigenvalue weighted by molar-refractivity contribution is 5.75. The van der Waals surface area contributed by atoms with Crippen molar-refractivity contribution in [1.29, 1.82) is 0 Å². The summed E-state index contributed by atoms with van der Waals surface area (Å²) in [5.74, 6) is -0.148. The number of hydrogen-bond acceptors (Lipinski definition) is 4. The van der Waals surface area contributed by atoms with Crippen molar-refractivity contribution in [2.75, 3.05) is 0 Å². The molecule has 1 amide bonds. The summed E-state index contributed by atoms with van der Waals surface area (Å²) in [4.78, 5) is 23.4. The summed E-state index contributed by atoms with van der Waals surface area (Å²) >= 11 is 0. The zero-order valence-electron chi connectivity index (χ0n) is 22.4. The summed E-state index contributed by atoms with van der Waals surface area (Å²) in [6, 6.07) is 26.6. The molecule has 0 bridgehead atoms. The van der Waals surface area contributed by atoms with Gasteiger partial charge < -0.3 is 14.9 Å². The molecule has 3 aromatic carbocycles. The van der Waals surface area contributed by atoms with E-state index < -0.39 is 5.97 Å². The Kier molecular flexibility index (Phi) is 7.64. The van der Waals surface area contributed by atoms with Crippen LogP contribution in [-0.4, -0.2) is 22.1 Å². The molecule has 0 aliphatic heterocycles. The lowest BCUT2D eigenvalue weighted by Crippen LogP contribution is -2.26. The minimum atomic E-state index is -0.744. The average molecular weight is 523 g/mol. The van der Waals surface area contributed by atoms with E-state index >= 15 is 0 Å². The van der Waals surface area contributed by atoms with Gasteiger partial charge in [0, 0.05) is 23.5 Å². The van der Waals surface area contributed by atoms with Crippen LogP contribution < -0.4 is 5.32 Å². The van der Waals surface area contributed by atoms with Gasteiger partial charge in [-0.05, 0) is 61.3 Å². The average Bonchev–Trinajstić information content (AvgIpc) is 3.60. The van der Waals surface area contributed by atoms with E-state index in [1.165, 1.54) is 5.56 Å². The summed E-state index contributed by atoms with van der Waals surface area (Å²) in [6.07, 6.45) is 4.67. The third-order valence-corrected chi connectivity index (χ3v) is 7.76. The third kappa shape index (κ3) is 6.11. The molecule has 1 heterocycles. The van der Waals surface area contributed by atoms with Gasteiger partial charge in [-0.15, -0.1) is 0 Å². The highest BCUT2D eigenvalue weighted by Crippen LogP contribution is 2.51. The zero-order chi connectivity index (χ0) is 27.4. The van der Waals surface area contributed by atoms with Gasteiger partial charge in [-0.1, -0.05) is 84.0 Å². The fourth-order valence-corrected chi connectivity index (χ4v) is 5.52. The van der Waals surface area contributed by atoms with Crippen molar-refractivity contribution >= 4 is 11.9 Å². The van der Waals surface area contributed by atoms with Crippen LogP contribution in [0.1, 0.15) is 67.5 Å². The van der Waals surface area contributed by atoms with Gasteiger partial charge >= 0.3 is 5.97 Å². The maximum absolute atomic E-state index is 12.1. The van der Waals surface area contributed by atoms with Gasteiger partial charge in [0.25, 0.3) is 0 Å². The summed E-state index contributed by atoms with van der Waals surface area (Å²) in [5, 5.41) is 16.6. The smallest absolute Gasteiger partial charge is 0.304 e. The molecule has 5 rings (SSSR count). The Balaban J connectivity index is 1.33. The standard InChI is InChI=1S/C33H34N2O4/c1-22-31(29(34-23(2)36)10-6-9-24-7-4-3-5-8-24)32(39-35-22)27-13-11-25(12-14-27)26-15-17-28(18-16-26)33(19-20-33)21-30(37)38/h3-5,7-8,11-18,29H,6,9-10,19-21H2,1-2H3,(H,34,36)(H,37,38). The molecule has 39 heavy (non-hydrogen) atoms. The second-order valence-electron chi connectivity index (χ2n) is 10.6. The first-order valence-electron chi connectivity index (χ1n) is 13.5. The topological polar surface area (TPSA) is 92.4 Å². The zero-order valence-corrected chi connectivity index (χ0v) is 22.4. The van der Waals surface area contributed by atoms with Crippen LogP contribution in [-0.2, 0) is 21.4 Å². The second kappa shape index (κ2) is 11.3. The number of nitrogens with one attached hydrogen (secondary N) is 1.